The van der Waals surface area contributed by atoms with E-state index in [1.165, 1.54) is 12.8 Å². The zero-order valence-electron chi connectivity index (χ0n) is 19.6. The number of fused-ring (bicyclic) bond motifs is 1. The Labute approximate surface area is 199 Å². The van der Waals surface area contributed by atoms with Crippen molar-refractivity contribution in [1.29, 1.82) is 0 Å². The summed E-state index contributed by atoms with van der Waals surface area (Å²) in [4.78, 5) is 14.3. The molecule has 8 heteroatoms. The molecule has 0 bridgehead atoms. The van der Waals surface area contributed by atoms with Gasteiger partial charge in [0.25, 0.3) is 0 Å². The number of hydrogen-bond acceptors (Lipinski definition) is 7. The van der Waals surface area contributed by atoms with Gasteiger partial charge in [-0.3, -0.25) is 10.4 Å². The van der Waals surface area contributed by atoms with Gasteiger partial charge < -0.3 is 14.5 Å². The number of nitrogens with zero attached hydrogens (tertiary/aromatic N) is 4. The van der Waals surface area contributed by atoms with Gasteiger partial charge in [0.15, 0.2) is 0 Å². The summed E-state index contributed by atoms with van der Waals surface area (Å²) in [5.41, 5.74) is 10.7. The van der Waals surface area contributed by atoms with Crippen LogP contribution >= 0.6 is 0 Å². The maximum Gasteiger partial charge on any atom is 0.133 e. The lowest BCUT2D eigenvalue weighted by atomic mass is 9.98. The molecule has 0 radical (unpaired) electrons. The van der Waals surface area contributed by atoms with E-state index in [2.05, 4.69) is 33.6 Å². The number of nitrogens with one attached hydrogen (secondary N) is 2. The maximum atomic E-state index is 15.7. The van der Waals surface area contributed by atoms with E-state index in [-0.39, 0.29) is 17.9 Å². The van der Waals surface area contributed by atoms with Gasteiger partial charge >= 0.3 is 0 Å². The van der Waals surface area contributed by atoms with Crippen LogP contribution in [-0.2, 0) is 4.74 Å². The second kappa shape index (κ2) is 9.09. The smallest absolute Gasteiger partial charge is 0.133 e. The first kappa shape index (κ1) is 21.7. The molecule has 3 aliphatic heterocycles. The predicted molar refractivity (Wildman–Crippen MR) is 133 cm³/mol. The highest BCUT2D eigenvalue weighted by Crippen LogP contribution is 2.37. The number of ether oxygens (including phenoxy) is 1. The van der Waals surface area contributed by atoms with Gasteiger partial charge in [-0.2, -0.15) is 0 Å². The Morgan fingerprint density at radius 2 is 1.97 bits per heavy atom. The van der Waals surface area contributed by atoms with Gasteiger partial charge in [-0.1, -0.05) is 0 Å². The summed E-state index contributed by atoms with van der Waals surface area (Å²) in [5.74, 6) is 0.651. The Kier molecular flexibility index (Phi) is 5.80. The first-order chi connectivity index (χ1) is 16.7. The summed E-state index contributed by atoms with van der Waals surface area (Å²) >= 11 is 0. The minimum atomic E-state index is -0.197. The number of rotatable bonds is 4. The molecule has 0 amide bonds. The van der Waals surface area contributed by atoms with E-state index in [1.807, 2.05) is 24.4 Å². The summed E-state index contributed by atoms with van der Waals surface area (Å²) < 4.78 is 21.3. The Morgan fingerprint density at radius 3 is 2.74 bits per heavy atom. The molecule has 3 aliphatic rings. The molecule has 0 saturated carbocycles. The number of hydrazine groups is 1. The minimum Gasteiger partial charge on any atom is -0.377 e. The van der Waals surface area contributed by atoms with Crippen molar-refractivity contribution in [2.45, 2.75) is 38.3 Å². The molecular weight excluding hydrogens is 431 g/mol. The van der Waals surface area contributed by atoms with E-state index in [0.29, 0.717) is 18.8 Å². The predicted octanol–water partition coefficient (Wildman–Crippen LogP) is 3.80. The van der Waals surface area contributed by atoms with Crippen molar-refractivity contribution >= 4 is 22.4 Å². The molecule has 5 heterocycles. The van der Waals surface area contributed by atoms with E-state index >= 15 is 4.39 Å². The highest BCUT2D eigenvalue weighted by atomic mass is 19.1. The van der Waals surface area contributed by atoms with Crippen LogP contribution in [0.3, 0.4) is 0 Å². The molecule has 7 nitrogen and oxygen atoms in total. The highest BCUT2D eigenvalue weighted by Gasteiger charge is 2.26. The number of benzene rings is 1. The molecule has 3 fully saturated rings. The van der Waals surface area contributed by atoms with Gasteiger partial charge in [0, 0.05) is 49.0 Å². The standard InChI is InChI=1S/C26H31FN6O/c1-17-16-34-13-12-33(17)24-15-21(19-5-4-18(14-22(19)27)32-10-2-3-11-32)20-6-8-28-26(25(20)30-24)23-7-9-29-31-23/h4-6,8,14-15,17,23,29,31H,2-3,7,9-13,16H2,1H3/t17-,23?/m1/s1. The Bertz CT molecular complexity index is 1190. The zero-order chi connectivity index (χ0) is 23.1. The maximum absolute atomic E-state index is 15.7. The second-order valence-electron chi connectivity index (χ2n) is 9.51. The fourth-order valence-corrected chi connectivity index (χ4v) is 5.43. The van der Waals surface area contributed by atoms with Crippen molar-refractivity contribution in [2.75, 3.05) is 49.2 Å². The Morgan fingerprint density at radius 1 is 1.09 bits per heavy atom. The fraction of sp³-hybridized carbons (Fsp3) is 0.462. The number of pyridine rings is 2. The summed E-state index contributed by atoms with van der Waals surface area (Å²) in [6.07, 6.45) is 5.08. The molecule has 2 aromatic heterocycles. The molecule has 1 unspecified atom stereocenters. The van der Waals surface area contributed by atoms with Crippen LogP contribution in [0.15, 0.2) is 36.5 Å². The van der Waals surface area contributed by atoms with Gasteiger partial charge in [-0.15, -0.1) is 0 Å². The van der Waals surface area contributed by atoms with Crippen LogP contribution in [0.25, 0.3) is 22.0 Å². The Balaban J connectivity index is 1.51. The number of hydrogen-bond donors (Lipinski definition) is 2. The van der Waals surface area contributed by atoms with Gasteiger partial charge in [0.2, 0.25) is 0 Å². The van der Waals surface area contributed by atoms with Crippen molar-refractivity contribution in [3.8, 4) is 11.1 Å². The van der Waals surface area contributed by atoms with Crippen LogP contribution in [-0.4, -0.2) is 55.4 Å². The van der Waals surface area contributed by atoms with Crippen LogP contribution in [0.5, 0.6) is 0 Å². The molecule has 6 rings (SSSR count). The minimum absolute atomic E-state index is 0.0730. The van der Waals surface area contributed by atoms with Crippen LogP contribution in [0.4, 0.5) is 15.9 Å². The average Bonchev–Trinajstić information content (AvgIpc) is 3.58. The number of aromatic nitrogens is 2. The first-order valence-corrected chi connectivity index (χ1v) is 12.4. The van der Waals surface area contributed by atoms with Gasteiger partial charge in [-0.05, 0) is 62.1 Å². The van der Waals surface area contributed by atoms with Crippen LogP contribution in [0.1, 0.15) is 37.9 Å². The summed E-state index contributed by atoms with van der Waals surface area (Å²) in [6.45, 7) is 7.08. The third-order valence-electron chi connectivity index (χ3n) is 7.28. The lowest BCUT2D eigenvalue weighted by molar-refractivity contribution is 0.0986. The molecule has 1 aromatic carbocycles. The largest absolute Gasteiger partial charge is 0.377 e. The van der Waals surface area contributed by atoms with Crippen molar-refractivity contribution in [3.05, 3.63) is 48.0 Å². The summed E-state index contributed by atoms with van der Waals surface area (Å²) in [5, 5.41) is 0.927. The molecular formula is C26H31FN6O. The van der Waals surface area contributed by atoms with Crippen LogP contribution in [0, 0.1) is 5.82 Å². The van der Waals surface area contributed by atoms with Crippen molar-refractivity contribution < 1.29 is 9.13 Å². The first-order valence-electron chi connectivity index (χ1n) is 12.4. The lowest BCUT2D eigenvalue weighted by Gasteiger charge is -2.34. The van der Waals surface area contributed by atoms with Gasteiger partial charge in [-0.25, -0.2) is 14.8 Å². The highest BCUT2D eigenvalue weighted by molar-refractivity contribution is 5.97. The van der Waals surface area contributed by atoms with Gasteiger partial charge in [0.05, 0.1) is 36.5 Å². The molecule has 178 valence electrons. The third kappa shape index (κ3) is 3.89. The normalized spacial score (nSPS) is 23.2. The fourth-order valence-electron chi connectivity index (χ4n) is 5.43. The van der Waals surface area contributed by atoms with Crippen molar-refractivity contribution in [2.24, 2.45) is 0 Å². The molecule has 34 heavy (non-hydrogen) atoms. The average molecular weight is 463 g/mol. The lowest BCUT2D eigenvalue weighted by Crippen LogP contribution is -2.44. The third-order valence-corrected chi connectivity index (χ3v) is 7.28. The van der Waals surface area contributed by atoms with Gasteiger partial charge in [0.1, 0.15) is 11.6 Å². The number of anilines is 2. The van der Waals surface area contributed by atoms with E-state index in [4.69, 9.17) is 14.7 Å². The second-order valence-corrected chi connectivity index (χ2v) is 9.51. The van der Waals surface area contributed by atoms with Crippen LogP contribution < -0.4 is 20.7 Å². The van der Waals surface area contributed by atoms with E-state index in [9.17, 15) is 0 Å². The van der Waals surface area contributed by atoms with E-state index < -0.39 is 0 Å². The quantitative estimate of drug-likeness (QED) is 0.611. The van der Waals surface area contributed by atoms with Crippen LogP contribution in [0.2, 0.25) is 0 Å². The van der Waals surface area contributed by atoms with Crippen molar-refractivity contribution in [3.63, 3.8) is 0 Å². The summed E-state index contributed by atoms with van der Waals surface area (Å²) in [7, 11) is 0. The Hall–Kier alpha value is -2.81. The number of morpholine rings is 1. The zero-order valence-corrected chi connectivity index (χ0v) is 19.6. The molecule has 3 saturated heterocycles. The molecule has 2 N–H and O–H groups in total. The van der Waals surface area contributed by atoms with E-state index in [0.717, 1.165) is 66.3 Å². The monoisotopic (exact) mass is 462 g/mol. The van der Waals surface area contributed by atoms with Crippen molar-refractivity contribution in [1.82, 2.24) is 20.8 Å². The molecule has 0 spiro atoms. The molecule has 2 atom stereocenters. The topological polar surface area (TPSA) is 65.6 Å². The summed E-state index contributed by atoms with van der Waals surface area (Å²) in [6, 6.07) is 9.95. The SMILES string of the molecule is C[C@@H]1COCCN1c1cc(-c2ccc(N3CCCC3)cc2F)c2ccnc(C3CCNN3)c2n1. The van der Waals surface area contributed by atoms with E-state index in [1.54, 1.807) is 6.07 Å². The molecule has 0 aliphatic carbocycles. The molecule has 3 aromatic rings. The number of halogens is 1.